The molecule has 34 heavy (non-hydrogen) atoms. The summed E-state index contributed by atoms with van der Waals surface area (Å²) in [6, 6.07) is 27.5. The van der Waals surface area contributed by atoms with Gasteiger partial charge in [-0.15, -0.1) is 11.8 Å². The molecule has 1 N–H and O–H groups in total. The Bertz CT molecular complexity index is 1050. The van der Waals surface area contributed by atoms with E-state index in [4.69, 9.17) is 0 Å². The van der Waals surface area contributed by atoms with E-state index >= 15 is 0 Å². The van der Waals surface area contributed by atoms with E-state index in [9.17, 15) is 9.59 Å². The molecule has 0 unspecified atom stereocenters. The Morgan fingerprint density at radius 2 is 1.50 bits per heavy atom. The molecule has 0 aromatic heterocycles. The number of carbonyl (C=O) groups is 2. The molecule has 0 aliphatic rings. The summed E-state index contributed by atoms with van der Waals surface area (Å²) in [6.07, 6.45) is 0.842. The number of hydrogen-bond acceptors (Lipinski definition) is 3. The van der Waals surface area contributed by atoms with Gasteiger partial charge in [0.15, 0.2) is 0 Å². The van der Waals surface area contributed by atoms with Crippen LogP contribution < -0.4 is 5.32 Å². The van der Waals surface area contributed by atoms with Crippen LogP contribution in [0.15, 0.2) is 89.8 Å². The molecule has 0 aliphatic carbocycles. The lowest BCUT2D eigenvalue weighted by atomic mass is 10.0. The van der Waals surface area contributed by atoms with Crippen LogP contribution in [-0.2, 0) is 22.6 Å². The molecular formula is C29H34N2O2S. The zero-order chi connectivity index (χ0) is 24.3. The first kappa shape index (κ1) is 25.6. The van der Waals surface area contributed by atoms with Gasteiger partial charge in [-0.3, -0.25) is 9.59 Å². The van der Waals surface area contributed by atoms with Crippen molar-refractivity contribution in [3.8, 4) is 0 Å². The zero-order valence-corrected chi connectivity index (χ0v) is 21.1. The van der Waals surface area contributed by atoms with E-state index in [0.29, 0.717) is 25.1 Å². The normalized spacial score (nSPS) is 11.8. The van der Waals surface area contributed by atoms with Crippen LogP contribution in [0.5, 0.6) is 0 Å². The maximum Gasteiger partial charge on any atom is 0.243 e. The number of benzene rings is 3. The van der Waals surface area contributed by atoms with E-state index < -0.39 is 6.04 Å². The minimum Gasteiger partial charge on any atom is -0.352 e. The van der Waals surface area contributed by atoms with Gasteiger partial charge in [0.2, 0.25) is 11.8 Å². The molecule has 3 aromatic carbocycles. The second kappa shape index (κ2) is 13.0. The maximum atomic E-state index is 13.6. The second-order valence-corrected chi connectivity index (χ2v) is 9.90. The maximum absolute atomic E-state index is 13.6. The SMILES string of the molecule is Cc1ccccc1CN(C(=O)CCSc1ccccc1)[C@H](Cc1ccccc1)C(=O)NC(C)C. The van der Waals surface area contributed by atoms with E-state index in [1.165, 1.54) is 0 Å². The van der Waals surface area contributed by atoms with Gasteiger partial charge in [0.25, 0.3) is 0 Å². The predicted molar refractivity (Wildman–Crippen MR) is 141 cm³/mol. The highest BCUT2D eigenvalue weighted by atomic mass is 32.2. The number of hydrogen-bond donors (Lipinski definition) is 1. The Labute approximate surface area is 207 Å². The summed E-state index contributed by atoms with van der Waals surface area (Å²) in [5.74, 6) is 0.541. The Hall–Kier alpha value is -3.05. The average Bonchev–Trinajstić information content (AvgIpc) is 2.83. The van der Waals surface area contributed by atoms with Gasteiger partial charge in [0.1, 0.15) is 6.04 Å². The van der Waals surface area contributed by atoms with Crippen LogP contribution in [0.4, 0.5) is 0 Å². The lowest BCUT2D eigenvalue weighted by molar-refractivity contribution is -0.141. The number of carbonyl (C=O) groups excluding carboxylic acids is 2. The van der Waals surface area contributed by atoms with E-state index in [1.807, 2.05) is 93.6 Å². The molecule has 0 spiro atoms. The minimum atomic E-state index is -0.585. The molecule has 3 rings (SSSR count). The first-order valence-corrected chi connectivity index (χ1v) is 12.8. The van der Waals surface area contributed by atoms with Gasteiger partial charge < -0.3 is 10.2 Å². The molecular weight excluding hydrogens is 440 g/mol. The van der Waals surface area contributed by atoms with E-state index in [2.05, 4.69) is 17.4 Å². The molecule has 0 bridgehead atoms. The van der Waals surface area contributed by atoms with Gasteiger partial charge in [0.05, 0.1) is 0 Å². The lowest BCUT2D eigenvalue weighted by Crippen LogP contribution is -2.52. The third kappa shape index (κ3) is 7.77. The van der Waals surface area contributed by atoms with Gasteiger partial charge in [0, 0.05) is 36.1 Å². The third-order valence-electron chi connectivity index (χ3n) is 5.63. The molecule has 4 nitrogen and oxygen atoms in total. The molecule has 2 amide bonds. The summed E-state index contributed by atoms with van der Waals surface area (Å²) in [6.45, 7) is 6.34. The highest BCUT2D eigenvalue weighted by Gasteiger charge is 2.30. The highest BCUT2D eigenvalue weighted by molar-refractivity contribution is 7.99. The van der Waals surface area contributed by atoms with Crippen LogP contribution in [-0.4, -0.2) is 34.6 Å². The molecule has 178 valence electrons. The standard InChI is InChI=1S/C29H34N2O2S/c1-22(2)30-29(33)27(20-24-13-6-4-7-14-24)31(21-25-15-11-10-12-23(25)3)28(32)18-19-34-26-16-8-5-9-17-26/h4-17,22,27H,18-21H2,1-3H3,(H,30,33)/t27-/m1/s1. The fourth-order valence-electron chi connectivity index (χ4n) is 3.82. The van der Waals surface area contributed by atoms with E-state index in [1.54, 1.807) is 16.7 Å². The highest BCUT2D eigenvalue weighted by Crippen LogP contribution is 2.21. The lowest BCUT2D eigenvalue weighted by Gasteiger charge is -2.32. The fourth-order valence-corrected chi connectivity index (χ4v) is 4.68. The van der Waals surface area contributed by atoms with Crippen molar-refractivity contribution in [3.05, 3.63) is 102 Å². The molecule has 0 saturated heterocycles. The van der Waals surface area contributed by atoms with E-state index in [-0.39, 0.29) is 17.9 Å². The Morgan fingerprint density at radius 3 is 2.15 bits per heavy atom. The van der Waals surface area contributed by atoms with E-state index in [0.717, 1.165) is 21.6 Å². The minimum absolute atomic E-state index is 0.00479. The summed E-state index contributed by atoms with van der Waals surface area (Å²) in [7, 11) is 0. The summed E-state index contributed by atoms with van der Waals surface area (Å²) < 4.78 is 0. The summed E-state index contributed by atoms with van der Waals surface area (Å²) >= 11 is 1.66. The number of amides is 2. The topological polar surface area (TPSA) is 49.4 Å². The van der Waals surface area contributed by atoms with Crippen molar-refractivity contribution < 1.29 is 9.59 Å². The summed E-state index contributed by atoms with van der Waals surface area (Å²) in [5, 5.41) is 3.04. The molecule has 0 heterocycles. The first-order valence-electron chi connectivity index (χ1n) is 11.8. The first-order chi connectivity index (χ1) is 16.4. The zero-order valence-electron chi connectivity index (χ0n) is 20.2. The van der Waals surface area contributed by atoms with Crippen molar-refractivity contribution in [3.63, 3.8) is 0 Å². The average molecular weight is 475 g/mol. The monoisotopic (exact) mass is 474 g/mol. The van der Waals surface area contributed by atoms with Crippen LogP contribution in [0.2, 0.25) is 0 Å². The van der Waals surface area contributed by atoms with Crippen molar-refractivity contribution in [1.82, 2.24) is 10.2 Å². The van der Waals surface area contributed by atoms with Crippen molar-refractivity contribution in [2.24, 2.45) is 0 Å². The number of nitrogens with zero attached hydrogens (tertiary/aromatic N) is 1. The van der Waals surface area contributed by atoms with Crippen LogP contribution in [0.3, 0.4) is 0 Å². The van der Waals surface area contributed by atoms with Crippen LogP contribution in [0.1, 0.15) is 37.0 Å². The third-order valence-corrected chi connectivity index (χ3v) is 6.65. The largest absolute Gasteiger partial charge is 0.352 e. The van der Waals surface area contributed by atoms with Crippen LogP contribution in [0.25, 0.3) is 0 Å². The van der Waals surface area contributed by atoms with Crippen molar-refractivity contribution in [1.29, 1.82) is 0 Å². The quantitative estimate of drug-likeness (QED) is 0.366. The molecule has 1 atom stereocenters. The molecule has 0 radical (unpaired) electrons. The van der Waals surface area contributed by atoms with Crippen molar-refractivity contribution in [2.75, 3.05) is 5.75 Å². The Morgan fingerprint density at radius 1 is 0.882 bits per heavy atom. The predicted octanol–water partition coefficient (Wildman–Crippen LogP) is 5.64. The molecule has 3 aromatic rings. The Kier molecular flexibility index (Phi) is 9.77. The van der Waals surface area contributed by atoms with Gasteiger partial charge in [-0.2, -0.15) is 0 Å². The molecule has 0 fully saturated rings. The van der Waals surface area contributed by atoms with Crippen molar-refractivity contribution >= 4 is 23.6 Å². The molecule has 0 aliphatic heterocycles. The molecule has 0 saturated carbocycles. The molecule has 5 heteroatoms. The van der Waals surface area contributed by atoms with Gasteiger partial charge in [-0.1, -0.05) is 72.8 Å². The number of thioether (sulfide) groups is 1. The number of rotatable bonds is 11. The van der Waals surface area contributed by atoms with Gasteiger partial charge in [-0.05, 0) is 49.6 Å². The smallest absolute Gasteiger partial charge is 0.243 e. The number of aryl methyl sites for hydroxylation is 1. The van der Waals surface area contributed by atoms with Crippen LogP contribution >= 0.6 is 11.8 Å². The summed E-state index contributed by atoms with van der Waals surface area (Å²) in [4.78, 5) is 29.9. The van der Waals surface area contributed by atoms with Crippen molar-refractivity contribution in [2.45, 2.75) is 57.1 Å². The fraction of sp³-hybridized carbons (Fsp3) is 0.310. The van der Waals surface area contributed by atoms with Crippen LogP contribution in [0, 0.1) is 6.92 Å². The number of nitrogens with one attached hydrogen (secondary N) is 1. The summed E-state index contributed by atoms with van der Waals surface area (Å²) in [5.41, 5.74) is 3.20. The Balaban J connectivity index is 1.86. The second-order valence-electron chi connectivity index (χ2n) is 8.73. The van der Waals surface area contributed by atoms with Gasteiger partial charge in [-0.25, -0.2) is 0 Å². The van der Waals surface area contributed by atoms with Gasteiger partial charge >= 0.3 is 0 Å².